The molecule has 0 aliphatic heterocycles. The van der Waals surface area contributed by atoms with Crippen molar-refractivity contribution in [2.24, 2.45) is 5.84 Å². The Kier molecular flexibility index (Phi) is 5.15. The van der Waals surface area contributed by atoms with E-state index in [1.807, 2.05) is 0 Å². The average Bonchev–Trinajstić information content (AvgIpc) is 2.26. The Balaban J connectivity index is 2.77. The lowest BCUT2D eigenvalue weighted by Gasteiger charge is -2.16. The number of hydrazine groups is 1. The SMILES string of the molecule is CSCC(NN)c1ccc(C(C)C)cc1. The minimum atomic E-state index is 0.251. The molecule has 0 spiro atoms. The van der Waals surface area contributed by atoms with Crippen molar-refractivity contribution in [3.05, 3.63) is 35.4 Å². The minimum Gasteiger partial charge on any atom is -0.271 e. The average molecular weight is 224 g/mol. The predicted octanol–water partition coefficient (Wildman–Crippen LogP) is 2.68. The Hall–Kier alpha value is -0.510. The van der Waals surface area contributed by atoms with Gasteiger partial charge in [-0.1, -0.05) is 38.1 Å². The zero-order chi connectivity index (χ0) is 11.3. The number of thioether (sulfide) groups is 1. The molecule has 0 aliphatic rings. The fourth-order valence-corrected chi connectivity index (χ4v) is 2.14. The smallest absolute Gasteiger partial charge is 0.0550 e. The summed E-state index contributed by atoms with van der Waals surface area (Å²) >= 11 is 1.80. The van der Waals surface area contributed by atoms with Gasteiger partial charge in [0.1, 0.15) is 0 Å². The van der Waals surface area contributed by atoms with Crippen molar-refractivity contribution in [2.45, 2.75) is 25.8 Å². The lowest BCUT2D eigenvalue weighted by Crippen LogP contribution is -2.29. The van der Waals surface area contributed by atoms with Gasteiger partial charge in [0.2, 0.25) is 0 Å². The molecule has 15 heavy (non-hydrogen) atoms. The highest BCUT2D eigenvalue weighted by Gasteiger charge is 2.08. The summed E-state index contributed by atoms with van der Waals surface area (Å²) in [4.78, 5) is 0. The molecular formula is C12H20N2S. The zero-order valence-electron chi connectivity index (χ0n) is 9.66. The first-order valence-corrected chi connectivity index (χ1v) is 6.63. The van der Waals surface area contributed by atoms with Crippen LogP contribution >= 0.6 is 11.8 Å². The van der Waals surface area contributed by atoms with E-state index in [-0.39, 0.29) is 6.04 Å². The zero-order valence-corrected chi connectivity index (χ0v) is 10.5. The van der Waals surface area contributed by atoms with Crippen LogP contribution in [0.3, 0.4) is 0 Å². The summed E-state index contributed by atoms with van der Waals surface area (Å²) in [7, 11) is 0. The van der Waals surface area contributed by atoms with Crippen molar-refractivity contribution >= 4 is 11.8 Å². The van der Waals surface area contributed by atoms with Gasteiger partial charge in [-0.15, -0.1) is 0 Å². The van der Waals surface area contributed by atoms with Crippen molar-refractivity contribution in [2.75, 3.05) is 12.0 Å². The summed E-state index contributed by atoms with van der Waals surface area (Å²) in [6.07, 6.45) is 2.09. The van der Waals surface area contributed by atoms with Gasteiger partial charge >= 0.3 is 0 Å². The van der Waals surface area contributed by atoms with Crippen molar-refractivity contribution < 1.29 is 0 Å². The van der Waals surface area contributed by atoms with Gasteiger partial charge in [-0.05, 0) is 23.3 Å². The Morgan fingerprint density at radius 1 is 1.20 bits per heavy atom. The number of benzene rings is 1. The fourth-order valence-electron chi connectivity index (χ4n) is 1.52. The molecule has 3 N–H and O–H groups in total. The molecule has 0 aromatic heterocycles. The Morgan fingerprint density at radius 2 is 1.73 bits per heavy atom. The van der Waals surface area contributed by atoms with Crippen molar-refractivity contribution in [3.8, 4) is 0 Å². The van der Waals surface area contributed by atoms with Crippen LogP contribution in [0.15, 0.2) is 24.3 Å². The van der Waals surface area contributed by atoms with E-state index in [4.69, 9.17) is 5.84 Å². The molecule has 0 bridgehead atoms. The normalized spacial score (nSPS) is 13.1. The van der Waals surface area contributed by atoms with E-state index >= 15 is 0 Å². The lowest BCUT2D eigenvalue weighted by molar-refractivity contribution is 0.610. The Morgan fingerprint density at radius 3 is 2.13 bits per heavy atom. The van der Waals surface area contributed by atoms with Gasteiger partial charge in [-0.25, -0.2) is 0 Å². The minimum absolute atomic E-state index is 0.251. The molecule has 1 atom stereocenters. The van der Waals surface area contributed by atoms with Crippen LogP contribution < -0.4 is 11.3 Å². The van der Waals surface area contributed by atoms with Crippen LogP contribution in [0.1, 0.15) is 36.9 Å². The molecule has 0 saturated carbocycles. The third-order valence-electron chi connectivity index (χ3n) is 2.54. The van der Waals surface area contributed by atoms with E-state index in [0.29, 0.717) is 5.92 Å². The maximum absolute atomic E-state index is 5.53. The largest absolute Gasteiger partial charge is 0.271 e. The first-order valence-electron chi connectivity index (χ1n) is 5.24. The van der Waals surface area contributed by atoms with Crippen LogP contribution in [0.2, 0.25) is 0 Å². The summed E-state index contributed by atoms with van der Waals surface area (Å²) in [5.41, 5.74) is 5.48. The molecule has 1 unspecified atom stereocenters. The molecule has 2 nitrogen and oxygen atoms in total. The Labute approximate surface area is 96.6 Å². The van der Waals surface area contributed by atoms with Gasteiger partial charge in [0.25, 0.3) is 0 Å². The quantitative estimate of drug-likeness (QED) is 0.596. The third-order valence-corrected chi connectivity index (χ3v) is 3.21. The first kappa shape index (κ1) is 12.6. The highest BCUT2D eigenvalue weighted by molar-refractivity contribution is 7.98. The summed E-state index contributed by atoms with van der Waals surface area (Å²) in [5.74, 6) is 7.11. The highest BCUT2D eigenvalue weighted by atomic mass is 32.2. The van der Waals surface area contributed by atoms with E-state index in [1.54, 1.807) is 11.8 Å². The van der Waals surface area contributed by atoms with Crippen molar-refractivity contribution in [1.29, 1.82) is 0 Å². The van der Waals surface area contributed by atoms with Gasteiger partial charge in [-0.2, -0.15) is 11.8 Å². The number of nitrogens with two attached hydrogens (primary N) is 1. The molecule has 0 heterocycles. The van der Waals surface area contributed by atoms with E-state index < -0.39 is 0 Å². The first-order chi connectivity index (χ1) is 7.19. The van der Waals surface area contributed by atoms with Crippen LogP contribution in [-0.4, -0.2) is 12.0 Å². The second-order valence-corrected chi connectivity index (χ2v) is 4.91. The predicted molar refractivity (Wildman–Crippen MR) is 69.0 cm³/mol. The number of hydrogen-bond donors (Lipinski definition) is 2. The van der Waals surface area contributed by atoms with E-state index in [1.165, 1.54) is 11.1 Å². The second-order valence-electron chi connectivity index (χ2n) is 4.00. The molecule has 3 heteroatoms. The highest BCUT2D eigenvalue weighted by Crippen LogP contribution is 2.20. The van der Waals surface area contributed by atoms with Crippen molar-refractivity contribution in [3.63, 3.8) is 0 Å². The second kappa shape index (κ2) is 6.16. The number of rotatable bonds is 5. The molecule has 84 valence electrons. The van der Waals surface area contributed by atoms with Crippen LogP contribution in [0.4, 0.5) is 0 Å². The maximum Gasteiger partial charge on any atom is 0.0550 e. The fraction of sp³-hybridized carbons (Fsp3) is 0.500. The maximum atomic E-state index is 5.53. The standard InChI is InChI=1S/C12H20N2S/c1-9(2)10-4-6-11(7-5-10)12(14-13)8-15-3/h4-7,9,12,14H,8,13H2,1-3H3. The third kappa shape index (κ3) is 3.52. The molecule has 0 amide bonds. The summed E-state index contributed by atoms with van der Waals surface area (Å²) in [6, 6.07) is 8.95. The van der Waals surface area contributed by atoms with Gasteiger partial charge in [0, 0.05) is 5.75 Å². The van der Waals surface area contributed by atoms with Crippen LogP contribution in [0, 0.1) is 0 Å². The van der Waals surface area contributed by atoms with Gasteiger partial charge in [0.05, 0.1) is 6.04 Å². The molecular weight excluding hydrogens is 204 g/mol. The summed E-state index contributed by atoms with van der Waals surface area (Å²) in [6.45, 7) is 4.41. The topological polar surface area (TPSA) is 38.0 Å². The van der Waals surface area contributed by atoms with Crippen LogP contribution in [0.5, 0.6) is 0 Å². The molecule has 0 fully saturated rings. The van der Waals surface area contributed by atoms with E-state index in [9.17, 15) is 0 Å². The van der Waals surface area contributed by atoms with Crippen LogP contribution in [0.25, 0.3) is 0 Å². The monoisotopic (exact) mass is 224 g/mol. The summed E-state index contributed by atoms with van der Waals surface area (Å²) < 4.78 is 0. The molecule has 1 aromatic rings. The molecule has 0 aliphatic carbocycles. The Bertz CT molecular complexity index is 282. The van der Waals surface area contributed by atoms with E-state index in [0.717, 1.165) is 5.75 Å². The molecule has 1 rings (SSSR count). The molecule has 0 saturated heterocycles. The van der Waals surface area contributed by atoms with Crippen LogP contribution in [-0.2, 0) is 0 Å². The van der Waals surface area contributed by atoms with Gasteiger partial charge < -0.3 is 0 Å². The molecule has 1 aromatic carbocycles. The van der Waals surface area contributed by atoms with Gasteiger partial charge in [0.15, 0.2) is 0 Å². The molecule has 0 radical (unpaired) electrons. The lowest BCUT2D eigenvalue weighted by atomic mass is 10.00. The number of nitrogens with one attached hydrogen (secondary N) is 1. The number of hydrogen-bond acceptors (Lipinski definition) is 3. The van der Waals surface area contributed by atoms with Gasteiger partial charge in [-0.3, -0.25) is 11.3 Å². The van der Waals surface area contributed by atoms with E-state index in [2.05, 4.69) is 49.8 Å². The van der Waals surface area contributed by atoms with Crippen molar-refractivity contribution in [1.82, 2.24) is 5.43 Å². The summed E-state index contributed by atoms with van der Waals surface area (Å²) in [5, 5.41) is 0.